The number of hydrogen-bond donors (Lipinski definition) is 1. The Balaban J connectivity index is 2.29. The largest absolute Gasteiger partial charge is 0.365 e. The average molecular weight is 282 g/mol. The maximum Gasteiger partial charge on any atom is 0.175 e. The van der Waals surface area contributed by atoms with Gasteiger partial charge in [-0.3, -0.25) is 0 Å². The highest BCUT2D eigenvalue weighted by Gasteiger charge is 2.27. The van der Waals surface area contributed by atoms with Gasteiger partial charge in [-0.25, -0.2) is 8.42 Å². The van der Waals surface area contributed by atoms with Crippen LogP contribution in [0.2, 0.25) is 0 Å². The highest BCUT2D eigenvalue weighted by Crippen LogP contribution is 2.29. The van der Waals surface area contributed by atoms with Crippen LogP contribution in [0.15, 0.2) is 29.2 Å². The van der Waals surface area contributed by atoms with Crippen molar-refractivity contribution < 1.29 is 8.42 Å². The molecule has 2 N–H and O–H groups in total. The highest BCUT2D eigenvalue weighted by atomic mass is 32.2. The molecule has 5 heteroatoms. The Morgan fingerprint density at radius 1 is 1.26 bits per heavy atom. The summed E-state index contributed by atoms with van der Waals surface area (Å²) in [6, 6.07) is 7.94. The van der Waals surface area contributed by atoms with Gasteiger partial charge in [0.05, 0.1) is 4.90 Å². The minimum absolute atomic E-state index is 0.354. The van der Waals surface area contributed by atoms with Crippen molar-refractivity contribution in [3.8, 4) is 0 Å². The van der Waals surface area contributed by atoms with Crippen LogP contribution in [0.5, 0.6) is 0 Å². The molecule has 106 valence electrons. The second kappa shape index (κ2) is 5.51. The first kappa shape index (κ1) is 14.3. The van der Waals surface area contributed by atoms with E-state index in [1.807, 2.05) is 12.1 Å². The molecule has 4 nitrogen and oxygen atoms in total. The number of nitrogens with two attached hydrogens (primary N) is 1. The van der Waals surface area contributed by atoms with E-state index in [4.69, 9.17) is 5.73 Å². The molecule has 0 spiro atoms. The lowest BCUT2D eigenvalue weighted by molar-refractivity contribution is 0.401. The van der Waals surface area contributed by atoms with E-state index in [0.717, 1.165) is 18.5 Å². The number of nitrogens with zero attached hydrogens (tertiary/aromatic N) is 1. The summed E-state index contributed by atoms with van der Waals surface area (Å²) in [4.78, 5) is 2.69. The van der Waals surface area contributed by atoms with Crippen molar-refractivity contribution in [3.05, 3.63) is 24.3 Å². The minimum Gasteiger partial charge on any atom is -0.365 e. The van der Waals surface area contributed by atoms with Crippen LogP contribution >= 0.6 is 0 Å². The first-order chi connectivity index (χ1) is 8.93. The Bertz CT molecular complexity index is 525. The third kappa shape index (κ3) is 3.09. The van der Waals surface area contributed by atoms with Crippen LogP contribution in [0, 0.1) is 0 Å². The molecule has 0 bridgehead atoms. The molecule has 0 saturated carbocycles. The summed E-state index contributed by atoms with van der Waals surface area (Å²) in [7, 11) is -3.13. The predicted molar refractivity (Wildman–Crippen MR) is 78.2 cm³/mol. The highest BCUT2D eigenvalue weighted by molar-refractivity contribution is 7.90. The lowest BCUT2D eigenvalue weighted by atomic mass is 9.95. The molecule has 1 aromatic rings. The van der Waals surface area contributed by atoms with E-state index in [1.54, 1.807) is 12.1 Å². The van der Waals surface area contributed by atoms with Gasteiger partial charge in [-0.05, 0) is 50.5 Å². The van der Waals surface area contributed by atoms with E-state index in [9.17, 15) is 8.42 Å². The number of piperidine rings is 1. The van der Waals surface area contributed by atoms with Gasteiger partial charge < -0.3 is 10.6 Å². The lowest BCUT2D eigenvalue weighted by Crippen LogP contribution is -2.49. The van der Waals surface area contributed by atoms with Gasteiger partial charge in [0.25, 0.3) is 0 Å². The number of sulfone groups is 1. The maximum absolute atomic E-state index is 11.5. The molecule has 2 rings (SSSR count). The van der Waals surface area contributed by atoms with E-state index in [0.29, 0.717) is 23.5 Å². The van der Waals surface area contributed by atoms with Crippen molar-refractivity contribution in [1.82, 2.24) is 0 Å². The Labute approximate surface area is 115 Å². The fourth-order valence-corrected chi connectivity index (χ4v) is 3.48. The molecular formula is C14H22N2O2S. The fourth-order valence-electron chi connectivity index (χ4n) is 2.85. The van der Waals surface area contributed by atoms with Gasteiger partial charge in [0.1, 0.15) is 0 Å². The fraction of sp³-hybridized carbons (Fsp3) is 0.571. The molecule has 1 aromatic carbocycles. The van der Waals surface area contributed by atoms with Gasteiger partial charge in [0.15, 0.2) is 9.84 Å². The van der Waals surface area contributed by atoms with Crippen LogP contribution in [0.1, 0.15) is 26.2 Å². The molecule has 1 heterocycles. The number of hydrogen-bond acceptors (Lipinski definition) is 4. The monoisotopic (exact) mass is 282 g/mol. The van der Waals surface area contributed by atoms with Crippen LogP contribution in [-0.2, 0) is 9.84 Å². The van der Waals surface area contributed by atoms with Gasteiger partial charge in [-0.1, -0.05) is 0 Å². The van der Waals surface area contributed by atoms with Crippen molar-refractivity contribution in [2.24, 2.45) is 5.73 Å². The van der Waals surface area contributed by atoms with Crippen molar-refractivity contribution in [2.45, 2.75) is 43.2 Å². The van der Waals surface area contributed by atoms with Crippen LogP contribution in [-0.4, -0.2) is 33.3 Å². The van der Waals surface area contributed by atoms with E-state index in [-0.39, 0.29) is 0 Å². The van der Waals surface area contributed by atoms with Crippen LogP contribution in [0.3, 0.4) is 0 Å². The van der Waals surface area contributed by atoms with E-state index in [2.05, 4.69) is 11.8 Å². The van der Waals surface area contributed by atoms with Gasteiger partial charge >= 0.3 is 0 Å². The normalized spacial score (nSPS) is 24.5. The zero-order valence-electron chi connectivity index (χ0n) is 11.5. The van der Waals surface area contributed by atoms with Crippen molar-refractivity contribution >= 4 is 15.5 Å². The zero-order chi connectivity index (χ0) is 14.0. The Hall–Kier alpha value is -1.07. The van der Waals surface area contributed by atoms with Crippen molar-refractivity contribution in [1.29, 1.82) is 0 Å². The molecule has 1 aliphatic rings. The molecular weight excluding hydrogens is 260 g/mol. The topological polar surface area (TPSA) is 63.4 Å². The quantitative estimate of drug-likeness (QED) is 0.918. The van der Waals surface area contributed by atoms with Crippen LogP contribution in [0.4, 0.5) is 5.69 Å². The molecule has 0 aromatic heterocycles. The Kier molecular flexibility index (Phi) is 4.16. The molecule has 0 amide bonds. The summed E-state index contributed by atoms with van der Waals surface area (Å²) in [5, 5.41) is 0. The molecule has 1 fully saturated rings. The van der Waals surface area contributed by atoms with Gasteiger partial charge in [0.2, 0.25) is 0 Å². The molecule has 19 heavy (non-hydrogen) atoms. The Morgan fingerprint density at radius 2 is 1.89 bits per heavy atom. The third-order valence-corrected chi connectivity index (χ3v) is 4.99. The summed E-state index contributed by atoms with van der Waals surface area (Å²) in [5.74, 6) is 0. The molecule has 2 atom stereocenters. The smallest absolute Gasteiger partial charge is 0.175 e. The predicted octanol–water partition coefficient (Wildman–Crippen LogP) is 1.80. The van der Waals surface area contributed by atoms with Gasteiger partial charge in [-0.15, -0.1) is 0 Å². The summed E-state index contributed by atoms with van der Waals surface area (Å²) < 4.78 is 22.9. The lowest BCUT2D eigenvalue weighted by Gasteiger charge is -2.42. The summed E-state index contributed by atoms with van der Waals surface area (Å²) in [5.41, 5.74) is 6.92. The molecule has 1 aliphatic heterocycles. The second-order valence-electron chi connectivity index (χ2n) is 5.34. The molecule has 0 radical (unpaired) electrons. The first-order valence-corrected chi connectivity index (χ1v) is 8.61. The van der Waals surface area contributed by atoms with Crippen LogP contribution in [0.25, 0.3) is 0 Å². The van der Waals surface area contributed by atoms with Crippen LogP contribution < -0.4 is 10.6 Å². The summed E-state index contributed by atoms with van der Waals surface area (Å²) >= 11 is 0. The Morgan fingerprint density at radius 3 is 2.42 bits per heavy atom. The van der Waals surface area contributed by atoms with Gasteiger partial charge in [-0.2, -0.15) is 0 Å². The van der Waals surface area contributed by atoms with Crippen molar-refractivity contribution in [3.63, 3.8) is 0 Å². The SMILES string of the molecule is CC1CCCC(CN)N1c1ccc(S(C)(=O)=O)cc1. The maximum atomic E-state index is 11.5. The number of anilines is 1. The molecule has 0 aliphatic carbocycles. The minimum atomic E-state index is -3.13. The summed E-state index contributed by atoms with van der Waals surface area (Å²) in [6.07, 6.45) is 4.70. The summed E-state index contributed by atoms with van der Waals surface area (Å²) in [6.45, 7) is 2.84. The molecule has 1 saturated heterocycles. The van der Waals surface area contributed by atoms with E-state index < -0.39 is 9.84 Å². The standard InChI is InChI=1S/C14H22N2O2S/c1-11-4-3-5-13(10-15)16(11)12-6-8-14(9-7-12)19(2,17)18/h6-9,11,13H,3-5,10,15H2,1-2H3. The van der Waals surface area contributed by atoms with E-state index in [1.165, 1.54) is 12.7 Å². The zero-order valence-corrected chi connectivity index (χ0v) is 12.4. The second-order valence-corrected chi connectivity index (χ2v) is 7.36. The average Bonchev–Trinajstić information content (AvgIpc) is 2.37. The number of rotatable bonds is 3. The van der Waals surface area contributed by atoms with Gasteiger partial charge in [0, 0.05) is 30.6 Å². The number of benzene rings is 1. The molecule has 2 unspecified atom stereocenters. The third-order valence-electron chi connectivity index (χ3n) is 3.86. The van der Waals surface area contributed by atoms with E-state index >= 15 is 0 Å². The van der Waals surface area contributed by atoms with Crippen molar-refractivity contribution in [2.75, 3.05) is 17.7 Å². The first-order valence-electron chi connectivity index (χ1n) is 6.72.